The lowest BCUT2D eigenvalue weighted by molar-refractivity contribution is 0.0251. The predicted octanol–water partition coefficient (Wildman–Crippen LogP) is 3.83. The van der Waals surface area contributed by atoms with Crippen LogP contribution in [0.2, 0.25) is 0 Å². The summed E-state index contributed by atoms with van der Waals surface area (Å²) >= 11 is 1.96. The van der Waals surface area contributed by atoms with Crippen molar-refractivity contribution in [1.82, 2.24) is 10.0 Å². The fourth-order valence-corrected chi connectivity index (χ4v) is 3.30. The molecule has 1 aromatic carbocycles. The number of benzene rings is 1. The molecule has 152 valence electrons. The van der Waals surface area contributed by atoms with Crippen LogP contribution in [-0.2, 0) is 11.9 Å². The Hall–Kier alpha value is -2.47. The van der Waals surface area contributed by atoms with Gasteiger partial charge in [-0.3, -0.25) is 14.4 Å². The Morgan fingerprint density at radius 2 is 2.07 bits per heavy atom. The summed E-state index contributed by atoms with van der Waals surface area (Å²) in [5.74, 6) is -2.20. The minimum Gasteiger partial charge on any atom is -0.444 e. The van der Waals surface area contributed by atoms with Crippen molar-refractivity contribution >= 4 is 51.0 Å². The van der Waals surface area contributed by atoms with Crippen LogP contribution in [0.4, 0.5) is 20.2 Å². The van der Waals surface area contributed by atoms with E-state index in [-0.39, 0.29) is 28.2 Å². The molecule has 2 N–H and O–H groups in total. The number of hydrogen-bond donors (Lipinski definition) is 2. The maximum absolute atomic E-state index is 14.4. The highest BCUT2D eigenvalue weighted by Crippen LogP contribution is 2.34. The first kappa shape index (κ1) is 19.8. The molecule has 29 heavy (non-hydrogen) atoms. The molecule has 0 unspecified atom stereocenters. The number of aromatic nitrogens is 1. The van der Waals surface area contributed by atoms with Crippen molar-refractivity contribution in [3.8, 4) is 0 Å². The van der Waals surface area contributed by atoms with Gasteiger partial charge in [0, 0.05) is 16.7 Å². The minimum absolute atomic E-state index is 0.000271. The molecule has 0 radical (unpaired) electrons. The summed E-state index contributed by atoms with van der Waals surface area (Å²) in [5, 5.41) is 2.76. The zero-order chi connectivity index (χ0) is 20.7. The molecule has 3 aromatic rings. The average Bonchev–Trinajstić information content (AvgIpc) is 3.41. The Kier molecular flexibility index (Phi) is 5.30. The fraction of sp³-hybridized carbons (Fsp3) is 0.263. The van der Waals surface area contributed by atoms with E-state index in [1.54, 1.807) is 6.07 Å². The third kappa shape index (κ3) is 3.99. The van der Waals surface area contributed by atoms with Crippen LogP contribution in [0, 0.1) is 21.1 Å². The van der Waals surface area contributed by atoms with Gasteiger partial charge in [-0.25, -0.2) is 14.3 Å². The highest BCUT2D eigenvalue weighted by atomic mass is 127. The molecule has 0 bridgehead atoms. The third-order valence-electron chi connectivity index (χ3n) is 4.59. The van der Waals surface area contributed by atoms with Crippen LogP contribution < -0.4 is 16.4 Å². The second kappa shape index (κ2) is 7.75. The van der Waals surface area contributed by atoms with Crippen molar-refractivity contribution in [2.75, 3.05) is 11.9 Å². The molecule has 2 heterocycles. The molecule has 2 aromatic heterocycles. The van der Waals surface area contributed by atoms with Crippen LogP contribution in [0.3, 0.4) is 0 Å². The smallest absolute Gasteiger partial charge is 0.312 e. The quantitative estimate of drug-likeness (QED) is 0.385. The van der Waals surface area contributed by atoms with Crippen LogP contribution in [0.15, 0.2) is 33.5 Å². The van der Waals surface area contributed by atoms with Gasteiger partial charge in [0.25, 0.3) is 5.56 Å². The molecule has 1 aliphatic rings. The number of halogens is 3. The van der Waals surface area contributed by atoms with E-state index in [0.29, 0.717) is 16.1 Å². The second-order valence-corrected chi connectivity index (χ2v) is 8.05. The number of carbonyl (C=O) groups is 1. The molecular weight excluding hydrogens is 499 g/mol. The third-order valence-corrected chi connectivity index (χ3v) is 5.27. The van der Waals surface area contributed by atoms with E-state index in [4.69, 9.17) is 9.25 Å². The Balaban J connectivity index is 1.79. The lowest BCUT2D eigenvalue weighted by atomic mass is 10.2. The summed E-state index contributed by atoms with van der Waals surface area (Å²) in [6.07, 6.45) is 2.07. The van der Waals surface area contributed by atoms with Gasteiger partial charge in [-0.15, -0.1) is 0 Å². The van der Waals surface area contributed by atoms with Gasteiger partial charge >= 0.3 is 5.91 Å². The number of fused-ring (bicyclic) bond motifs is 1. The first-order valence-corrected chi connectivity index (χ1v) is 9.89. The van der Waals surface area contributed by atoms with Gasteiger partial charge < -0.3 is 14.3 Å². The molecule has 1 aliphatic carbocycles. The minimum atomic E-state index is -0.924. The average molecular weight is 515 g/mol. The maximum atomic E-state index is 14.4. The van der Waals surface area contributed by atoms with Crippen LogP contribution in [0.5, 0.6) is 0 Å². The van der Waals surface area contributed by atoms with Crippen molar-refractivity contribution in [1.29, 1.82) is 0 Å². The number of hydroxylamine groups is 1. The highest BCUT2D eigenvalue weighted by molar-refractivity contribution is 14.1. The molecule has 4 rings (SSSR count). The molecule has 1 amide bonds. The highest BCUT2D eigenvalue weighted by Gasteiger charge is 2.27. The number of rotatable bonds is 6. The number of nitrogens with zero attached hydrogens (tertiary/aromatic N) is 1. The van der Waals surface area contributed by atoms with E-state index < -0.39 is 23.1 Å². The summed E-state index contributed by atoms with van der Waals surface area (Å²) in [6, 6.07) is 5.18. The van der Waals surface area contributed by atoms with E-state index in [9.17, 15) is 18.4 Å². The van der Waals surface area contributed by atoms with Gasteiger partial charge in [-0.2, -0.15) is 0 Å². The van der Waals surface area contributed by atoms with Gasteiger partial charge in [0.1, 0.15) is 17.0 Å². The molecule has 1 saturated carbocycles. The Bertz CT molecular complexity index is 1170. The van der Waals surface area contributed by atoms with Crippen molar-refractivity contribution in [3.63, 3.8) is 0 Å². The normalized spacial score (nSPS) is 13.7. The van der Waals surface area contributed by atoms with Crippen molar-refractivity contribution < 1.29 is 22.8 Å². The molecule has 0 atom stereocenters. The summed E-state index contributed by atoms with van der Waals surface area (Å²) in [5.41, 5.74) is 1.32. The molecular formula is C19H16F2IN3O4. The van der Waals surface area contributed by atoms with Crippen molar-refractivity contribution in [2.24, 2.45) is 13.0 Å². The monoisotopic (exact) mass is 515 g/mol. The predicted molar refractivity (Wildman–Crippen MR) is 110 cm³/mol. The largest absolute Gasteiger partial charge is 0.444 e. The number of amides is 1. The fourth-order valence-electron chi connectivity index (χ4n) is 2.84. The standard InChI is InChI=1S/C19H16F2IN3O4/c1-25-14(26)7-12(21)17-16(25)15(23-13-5-4-10(22)6-11(13)20)18(29-17)19(27)24-28-8-9-2-3-9/h4-7,9,23H,2-3,8H2,1H3,(H,24,27). The lowest BCUT2D eigenvalue weighted by Crippen LogP contribution is -2.25. The number of pyridine rings is 1. The number of carbonyl (C=O) groups excluding carboxylic acids is 1. The van der Waals surface area contributed by atoms with Gasteiger partial charge in [-0.05, 0) is 59.5 Å². The molecule has 0 aliphatic heterocycles. The van der Waals surface area contributed by atoms with Gasteiger partial charge in [-0.1, -0.05) is 0 Å². The number of nitrogens with one attached hydrogen (secondary N) is 2. The molecule has 1 fully saturated rings. The van der Waals surface area contributed by atoms with E-state index in [2.05, 4.69) is 10.8 Å². The number of anilines is 2. The molecule has 0 saturated heterocycles. The van der Waals surface area contributed by atoms with Gasteiger partial charge in [0.05, 0.1) is 12.3 Å². The zero-order valence-electron chi connectivity index (χ0n) is 15.2. The van der Waals surface area contributed by atoms with Crippen LogP contribution in [0.25, 0.3) is 11.1 Å². The van der Waals surface area contributed by atoms with Crippen LogP contribution >= 0.6 is 22.6 Å². The topological polar surface area (TPSA) is 85.5 Å². The summed E-state index contributed by atoms with van der Waals surface area (Å²) in [4.78, 5) is 29.8. The Labute approximate surface area is 177 Å². The van der Waals surface area contributed by atoms with E-state index in [0.717, 1.165) is 23.5 Å². The summed E-state index contributed by atoms with van der Waals surface area (Å²) < 4.78 is 35.9. The van der Waals surface area contributed by atoms with E-state index in [1.165, 1.54) is 19.2 Å². The lowest BCUT2D eigenvalue weighted by Gasteiger charge is -2.10. The molecule has 10 heteroatoms. The second-order valence-electron chi connectivity index (χ2n) is 6.81. The maximum Gasteiger partial charge on any atom is 0.312 e. The van der Waals surface area contributed by atoms with Crippen molar-refractivity contribution in [3.05, 3.63) is 55.6 Å². The van der Waals surface area contributed by atoms with E-state index >= 15 is 0 Å². The Morgan fingerprint density at radius 1 is 1.31 bits per heavy atom. The van der Waals surface area contributed by atoms with Gasteiger partial charge in [0.15, 0.2) is 11.4 Å². The van der Waals surface area contributed by atoms with Crippen LogP contribution in [0.1, 0.15) is 23.4 Å². The van der Waals surface area contributed by atoms with Crippen LogP contribution in [-0.4, -0.2) is 17.1 Å². The summed E-state index contributed by atoms with van der Waals surface area (Å²) in [7, 11) is 1.40. The first-order chi connectivity index (χ1) is 13.8. The molecule has 7 nitrogen and oxygen atoms in total. The Morgan fingerprint density at radius 3 is 2.76 bits per heavy atom. The van der Waals surface area contributed by atoms with Gasteiger partial charge in [0.2, 0.25) is 5.76 Å². The van der Waals surface area contributed by atoms with Crippen molar-refractivity contribution in [2.45, 2.75) is 12.8 Å². The number of hydrogen-bond acceptors (Lipinski definition) is 5. The first-order valence-electron chi connectivity index (χ1n) is 8.81. The zero-order valence-corrected chi connectivity index (χ0v) is 17.4. The summed E-state index contributed by atoms with van der Waals surface area (Å²) in [6.45, 7) is 0.354. The molecule has 0 spiro atoms. The number of aryl methyl sites for hydroxylation is 1. The SMILES string of the molecule is Cn1c(=O)cc(F)c2oc(C(=O)NOCC3CC3)c(Nc3ccc(I)cc3F)c21. The van der Waals surface area contributed by atoms with E-state index in [1.807, 2.05) is 22.6 Å². The number of furan rings is 1.